The number of pyridine rings is 1. The molecule has 6 heteroatoms. The molecule has 1 aromatic heterocycles. The minimum Gasteiger partial charge on any atom is -0.473 e. The Bertz CT molecular complexity index is 435. The van der Waals surface area contributed by atoms with Gasteiger partial charge in [-0.1, -0.05) is 0 Å². The number of nitrogens with one attached hydrogen (secondary N) is 1. The van der Waals surface area contributed by atoms with Crippen LogP contribution in [0.1, 0.15) is 12.0 Å². The average molecular weight is 258 g/mol. The molecule has 98 valence electrons. The second-order valence-corrected chi connectivity index (χ2v) is 4.85. The van der Waals surface area contributed by atoms with Crippen LogP contribution in [0.4, 0.5) is 13.2 Å². The molecule has 0 spiro atoms. The van der Waals surface area contributed by atoms with Gasteiger partial charge in [-0.3, -0.25) is 0 Å². The zero-order valence-electron chi connectivity index (χ0n) is 9.57. The van der Waals surface area contributed by atoms with Crippen molar-refractivity contribution in [2.75, 3.05) is 13.1 Å². The first-order chi connectivity index (χ1) is 8.55. The van der Waals surface area contributed by atoms with Crippen LogP contribution < -0.4 is 10.1 Å². The summed E-state index contributed by atoms with van der Waals surface area (Å²) >= 11 is 0. The molecule has 1 aliphatic carbocycles. The quantitative estimate of drug-likeness (QED) is 0.882. The number of nitrogens with zero attached hydrogens (tertiary/aromatic N) is 1. The molecule has 0 amide bonds. The number of alkyl halides is 3. The summed E-state index contributed by atoms with van der Waals surface area (Å²) in [6.07, 6.45) is -2.17. The monoisotopic (exact) mass is 258 g/mol. The molecule has 2 aliphatic rings. The van der Waals surface area contributed by atoms with Gasteiger partial charge < -0.3 is 10.1 Å². The standard InChI is InChI=1S/C12H13F3N2O/c13-12(14,15)9-2-1-3-17-11(9)18-10-7-4-8(10)6-16-5-7/h1-3,7-8,10,16H,4-6H2/t7-,8+,10?. The van der Waals surface area contributed by atoms with Gasteiger partial charge in [-0.25, -0.2) is 4.98 Å². The Morgan fingerprint density at radius 1 is 1.28 bits per heavy atom. The third-order valence-corrected chi connectivity index (χ3v) is 3.67. The minimum atomic E-state index is -4.42. The number of halogens is 3. The Balaban J connectivity index is 1.81. The van der Waals surface area contributed by atoms with E-state index in [0.29, 0.717) is 11.8 Å². The fourth-order valence-electron chi connectivity index (χ4n) is 2.72. The predicted molar refractivity (Wildman–Crippen MR) is 58.1 cm³/mol. The molecule has 2 bridgehead atoms. The van der Waals surface area contributed by atoms with Crippen LogP contribution in [0.5, 0.6) is 5.88 Å². The van der Waals surface area contributed by atoms with Crippen LogP contribution in [0.15, 0.2) is 18.3 Å². The fourth-order valence-corrected chi connectivity index (χ4v) is 2.72. The smallest absolute Gasteiger partial charge is 0.421 e. The van der Waals surface area contributed by atoms with Gasteiger partial charge in [0.15, 0.2) is 0 Å². The molecule has 1 saturated heterocycles. The van der Waals surface area contributed by atoms with Gasteiger partial charge in [0.2, 0.25) is 5.88 Å². The summed E-state index contributed by atoms with van der Waals surface area (Å²) in [5.74, 6) is 0.338. The van der Waals surface area contributed by atoms with E-state index in [9.17, 15) is 13.2 Å². The van der Waals surface area contributed by atoms with Crippen molar-refractivity contribution in [1.82, 2.24) is 10.3 Å². The Morgan fingerprint density at radius 3 is 2.61 bits per heavy atom. The van der Waals surface area contributed by atoms with Crippen molar-refractivity contribution in [3.63, 3.8) is 0 Å². The fraction of sp³-hybridized carbons (Fsp3) is 0.583. The summed E-state index contributed by atoms with van der Waals surface area (Å²) in [5.41, 5.74) is -0.789. The van der Waals surface area contributed by atoms with Crippen LogP contribution in [-0.4, -0.2) is 24.2 Å². The molecule has 1 saturated carbocycles. The zero-order chi connectivity index (χ0) is 12.8. The number of fused-ring (bicyclic) bond motifs is 2. The summed E-state index contributed by atoms with van der Waals surface area (Å²) in [4.78, 5) is 3.73. The number of hydrogen-bond acceptors (Lipinski definition) is 3. The van der Waals surface area contributed by atoms with Crippen molar-refractivity contribution in [1.29, 1.82) is 0 Å². The van der Waals surface area contributed by atoms with Gasteiger partial charge in [-0.05, 0) is 18.6 Å². The summed E-state index contributed by atoms with van der Waals surface area (Å²) in [6, 6.07) is 2.29. The number of hydrogen-bond donors (Lipinski definition) is 1. The van der Waals surface area contributed by atoms with Crippen LogP contribution in [0.2, 0.25) is 0 Å². The lowest BCUT2D eigenvalue weighted by molar-refractivity contribution is -0.141. The van der Waals surface area contributed by atoms with E-state index in [4.69, 9.17) is 4.74 Å². The maximum atomic E-state index is 12.8. The molecule has 2 fully saturated rings. The third kappa shape index (κ3) is 1.94. The van der Waals surface area contributed by atoms with Crippen molar-refractivity contribution in [3.05, 3.63) is 23.9 Å². The van der Waals surface area contributed by atoms with Gasteiger partial charge in [0.1, 0.15) is 11.7 Å². The van der Waals surface area contributed by atoms with E-state index < -0.39 is 11.7 Å². The summed E-state index contributed by atoms with van der Waals surface area (Å²) in [5, 5.41) is 3.22. The van der Waals surface area contributed by atoms with E-state index in [-0.39, 0.29) is 12.0 Å². The highest BCUT2D eigenvalue weighted by Crippen LogP contribution is 2.42. The van der Waals surface area contributed by atoms with Crippen molar-refractivity contribution in [3.8, 4) is 5.88 Å². The highest BCUT2D eigenvalue weighted by Gasteiger charge is 2.47. The number of rotatable bonds is 2. The van der Waals surface area contributed by atoms with E-state index in [0.717, 1.165) is 25.6 Å². The molecular formula is C12H13F3N2O. The molecule has 1 aromatic rings. The average Bonchev–Trinajstić information content (AvgIpc) is 2.36. The minimum absolute atomic E-state index is 0.123. The van der Waals surface area contributed by atoms with E-state index in [1.165, 1.54) is 12.3 Å². The van der Waals surface area contributed by atoms with Crippen molar-refractivity contribution >= 4 is 0 Å². The molecule has 2 heterocycles. The first-order valence-electron chi connectivity index (χ1n) is 5.95. The molecule has 1 N–H and O–H groups in total. The molecule has 3 nitrogen and oxygen atoms in total. The highest BCUT2D eigenvalue weighted by molar-refractivity contribution is 5.29. The normalized spacial score (nSPS) is 30.7. The Hall–Kier alpha value is -1.30. The van der Waals surface area contributed by atoms with Crippen LogP contribution in [0.3, 0.4) is 0 Å². The third-order valence-electron chi connectivity index (χ3n) is 3.67. The molecule has 1 unspecified atom stereocenters. The lowest BCUT2D eigenvalue weighted by Crippen LogP contribution is -2.59. The van der Waals surface area contributed by atoms with Crippen molar-refractivity contribution < 1.29 is 17.9 Å². The predicted octanol–water partition coefficient (Wildman–Crippen LogP) is 2.09. The Kier molecular flexibility index (Phi) is 2.69. The van der Waals surface area contributed by atoms with Gasteiger partial charge in [0.05, 0.1) is 0 Å². The maximum Gasteiger partial charge on any atom is 0.421 e. The molecule has 3 atom stereocenters. The first-order valence-corrected chi connectivity index (χ1v) is 5.95. The van der Waals surface area contributed by atoms with E-state index in [1.54, 1.807) is 0 Å². The van der Waals surface area contributed by atoms with Crippen molar-refractivity contribution in [2.24, 2.45) is 11.8 Å². The van der Waals surface area contributed by atoms with Gasteiger partial charge in [0.25, 0.3) is 0 Å². The SMILES string of the molecule is FC(F)(F)c1cccnc1OC1[C@@H]2CNC[C@H]1C2. The maximum absolute atomic E-state index is 12.8. The van der Waals surface area contributed by atoms with Gasteiger partial charge in [-0.15, -0.1) is 0 Å². The molecule has 1 aliphatic heterocycles. The second-order valence-electron chi connectivity index (χ2n) is 4.85. The van der Waals surface area contributed by atoms with Crippen LogP contribution in [-0.2, 0) is 6.18 Å². The van der Waals surface area contributed by atoms with Gasteiger partial charge >= 0.3 is 6.18 Å². The molecule has 0 aromatic carbocycles. The van der Waals surface area contributed by atoms with Gasteiger partial charge in [-0.2, -0.15) is 13.2 Å². The lowest BCUT2D eigenvalue weighted by atomic mass is 9.69. The highest BCUT2D eigenvalue weighted by atomic mass is 19.4. The molecular weight excluding hydrogens is 245 g/mol. The zero-order valence-corrected chi connectivity index (χ0v) is 9.57. The molecule has 3 rings (SSSR count). The lowest BCUT2D eigenvalue weighted by Gasteiger charge is -2.48. The van der Waals surface area contributed by atoms with Gasteiger partial charge in [0, 0.05) is 31.1 Å². The van der Waals surface area contributed by atoms with Crippen LogP contribution in [0, 0.1) is 11.8 Å². The number of aromatic nitrogens is 1. The summed E-state index contributed by atoms with van der Waals surface area (Å²) < 4.78 is 43.8. The van der Waals surface area contributed by atoms with Crippen LogP contribution in [0.25, 0.3) is 0 Å². The topological polar surface area (TPSA) is 34.1 Å². The van der Waals surface area contributed by atoms with Crippen molar-refractivity contribution in [2.45, 2.75) is 18.7 Å². The van der Waals surface area contributed by atoms with E-state index >= 15 is 0 Å². The largest absolute Gasteiger partial charge is 0.473 e. The summed E-state index contributed by atoms with van der Waals surface area (Å²) in [7, 11) is 0. The summed E-state index contributed by atoms with van der Waals surface area (Å²) in [6.45, 7) is 1.63. The second kappa shape index (κ2) is 4.12. The first kappa shape index (κ1) is 11.8. The number of ether oxygens (including phenoxy) is 1. The Morgan fingerprint density at radius 2 is 2.00 bits per heavy atom. The number of piperidine rings is 2. The van der Waals surface area contributed by atoms with E-state index in [2.05, 4.69) is 10.3 Å². The Labute approximate surface area is 102 Å². The van der Waals surface area contributed by atoms with E-state index in [1.807, 2.05) is 0 Å². The molecule has 18 heavy (non-hydrogen) atoms. The van der Waals surface area contributed by atoms with Crippen LogP contribution >= 0.6 is 0 Å². The molecule has 0 radical (unpaired) electrons.